The Morgan fingerprint density at radius 2 is 1.76 bits per heavy atom. The second kappa shape index (κ2) is 7.24. The minimum Gasteiger partial charge on any atom is -0.461 e. The number of carbonyl (C=O) groups is 3. The third-order valence-corrected chi connectivity index (χ3v) is 6.75. The van der Waals surface area contributed by atoms with Crippen LogP contribution in [-0.4, -0.2) is 34.6 Å². The average molecular weight is 455 g/mol. The summed E-state index contributed by atoms with van der Waals surface area (Å²) in [6, 6.07) is 14.5. The number of furan rings is 1. The van der Waals surface area contributed by atoms with Crippen molar-refractivity contribution in [1.29, 1.82) is 0 Å². The molecule has 0 N–H and O–H groups in total. The summed E-state index contributed by atoms with van der Waals surface area (Å²) >= 11 is 0. The molecule has 3 aromatic rings. The molecule has 2 amide bonds. The van der Waals surface area contributed by atoms with E-state index >= 15 is 0 Å². The Bertz CT molecular complexity index is 1400. The number of anilines is 2. The third kappa shape index (κ3) is 2.70. The number of amides is 2. The molecule has 4 heterocycles. The molecule has 0 bridgehead atoms. The number of imide groups is 1. The van der Waals surface area contributed by atoms with E-state index in [2.05, 4.69) is 0 Å². The lowest BCUT2D eigenvalue weighted by Crippen LogP contribution is -2.48. The van der Waals surface area contributed by atoms with Gasteiger partial charge in [-0.1, -0.05) is 36.4 Å². The highest BCUT2D eigenvalue weighted by Crippen LogP contribution is 2.49. The highest BCUT2D eigenvalue weighted by atomic mass is 16.6. The van der Waals surface area contributed by atoms with Gasteiger partial charge in [-0.25, -0.2) is 4.90 Å². The van der Waals surface area contributed by atoms with Crippen LogP contribution in [0.1, 0.15) is 16.1 Å². The Morgan fingerprint density at radius 1 is 0.971 bits per heavy atom. The third-order valence-electron chi connectivity index (χ3n) is 6.75. The molecule has 0 unspecified atom stereocenters. The van der Waals surface area contributed by atoms with E-state index in [9.17, 15) is 24.5 Å². The quantitative estimate of drug-likeness (QED) is 0.256. The molecule has 168 valence electrons. The monoisotopic (exact) mass is 455 g/mol. The average Bonchev–Trinajstić information content (AvgIpc) is 3.55. The lowest BCUT2D eigenvalue weighted by Gasteiger charge is -2.36. The summed E-state index contributed by atoms with van der Waals surface area (Å²) in [5, 5.41) is 11.3. The van der Waals surface area contributed by atoms with Crippen LogP contribution in [0.25, 0.3) is 6.08 Å². The van der Waals surface area contributed by atoms with Gasteiger partial charge in [0.2, 0.25) is 17.6 Å². The molecule has 2 fully saturated rings. The smallest absolute Gasteiger partial charge is 0.271 e. The van der Waals surface area contributed by atoms with Gasteiger partial charge in [-0.3, -0.25) is 24.5 Å². The lowest BCUT2D eigenvalue weighted by molar-refractivity contribution is -0.384. The van der Waals surface area contributed by atoms with Crippen molar-refractivity contribution in [2.75, 3.05) is 9.80 Å². The molecule has 0 aliphatic carbocycles. The molecule has 2 saturated heterocycles. The summed E-state index contributed by atoms with van der Waals surface area (Å²) in [7, 11) is 0. The van der Waals surface area contributed by atoms with Gasteiger partial charge in [0.05, 0.1) is 34.8 Å². The number of benzene rings is 2. The number of non-ortho nitro benzene ring substituents is 1. The zero-order valence-corrected chi connectivity index (χ0v) is 17.6. The first-order chi connectivity index (χ1) is 16.5. The van der Waals surface area contributed by atoms with E-state index in [1.54, 1.807) is 6.07 Å². The molecule has 2 aromatic carbocycles. The molecule has 0 saturated carbocycles. The van der Waals surface area contributed by atoms with E-state index in [0.29, 0.717) is 0 Å². The van der Waals surface area contributed by atoms with Crippen LogP contribution in [0.15, 0.2) is 77.4 Å². The Balaban J connectivity index is 1.49. The fourth-order valence-corrected chi connectivity index (χ4v) is 5.38. The number of nitro groups is 1. The van der Waals surface area contributed by atoms with Crippen molar-refractivity contribution in [3.8, 4) is 0 Å². The van der Waals surface area contributed by atoms with E-state index in [1.807, 2.05) is 41.3 Å². The predicted molar refractivity (Wildman–Crippen MR) is 121 cm³/mol. The maximum absolute atomic E-state index is 13.7. The molecule has 4 atom stereocenters. The van der Waals surface area contributed by atoms with Crippen molar-refractivity contribution in [2.24, 2.45) is 11.8 Å². The van der Waals surface area contributed by atoms with Crippen LogP contribution in [0.4, 0.5) is 17.1 Å². The van der Waals surface area contributed by atoms with Crippen molar-refractivity contribution in [2.45, 2.75) is 12.1 Å². The van der Waals surface area contributed by atoms with Gasteiger partial charge in [0, 0.05) is 17.8 Å². The number of hydrogen-bond donors (Lipinski definition) is 0. The van der Waals surface area contributed by atoms with Crippen molar-refractivity contribution in [1.82, 2.24) is 0 Å². The summed E-state index contributed by atoms with van der Waals surface area (Å²) in [4.78, 5) is 54.5. The Labute approximate surface area is 193 Å². The van der Waals surface area contributed by atoms with Gasteiger partial charge in [0.25, 0.3) is 5.69 Å². The van der Waals surface area contributed by atoms with E-state index in [4.69, 9.17) is 4.42 Å². The first-order valence-corrected chi connectivity index (χ1v) is 10.7. The number of nitro benzene ring substituents is 1. The van der Waals surface area contributed by atoms with Crippen LogP contribution < -0.4 is 9.80 Å². The van der Waals surface area contributed by atoms with Crippen molar-refractivity contribution >= 4 is 40.7 Å². The summed E-state index contributed by atoms with van der Waals surface area (Å²) in [5.41, 5.74) is 1.53. The van der Waals surface area contributed by atoms with Crippen molar-refractivity contribution < 1.29 is 23.7 Å². The molecule has 0 radical (unpaired) electrons. The maximum Gasteiger partial charge on any atom is 0.271 e. The first kappa shape index (κ1) is 20.1. The van der Waals surface area contributed by atoms with Gasteiger partial charge in [-0.2, -0.15) is 0 Å². The topological polar surface area (TPSA) is 114 Å². The Morgan fingerprint density at radius 3 is 2.53 bits per heavy atom. The number of nitrogens with zero attached hydrogens (tertiary/aromatic N) is 3. The van der Waals surface area contributed by atoms with E-state index < -0.39 is 46.4 Å². The van der Waals surface area contributed by atoms with E-state index in [-0.39, 0.29) is 17.1 Å². The molecule has 6 rings (SSSR count). The zero-order chi connectivity index (χ0) is 23.6. The fourth-order valence-electron chi connectivity index (χ4n) is 5.38. The number of fused-ring (bicyclic) bond motifs is 5. The predicted octanol–water partition coefficient (Wildman–Crippen LogP) is 3.46. The second-order valence-electron chi connectivity index (χ2n) is 8.44. The van der Waals surface area contributed by atoms with E-state index in [1.165, 1.54) is 36.6 Å². The molecular formula is C25H17N3O6. The molecule has 0 spiro atoms. The van der Waals surface area contributed by atoms with Crippen LogP contribution in [0.5, 0.6) is 0 Å². The van der Waals surface area contributed by atoms with Crippen LogP contribution in [0.3, 0.4) is 0 Å². The number of rotatable bonds is 4. The SMILES string of the molecule is O=C(c1ccco1)[C@@H]1[C@@H]2C(=O)N(c3cccc([N+](=O)[O-])c3)C(=O)[C@H]2[C@@H]2C=Cc3ccccc3N12. The van der Waals surface area contributed by atoms with Gasteiger partial charge in [0.1, 0.15) is 6.04 Å². The minimum absolute atomic E-state index is 0.102. The zero-order valence-electron chi connectivity index (χ0n) is 17.6. The molecule has 9 nitrogen and oxygen atoms in total. The largest absolute Gasteiger partial charge is 0.461 e. The molecule has 3 aliphatic heterocycles. The van der Waals surface area contributed by atoms with Crippen molar-refractivity contribution in [3.63, 3.8) is 0 Å². The van der Waals surface area contributed by atoms with Crippen LogP contribution >= 0.6 is 0 Å². The van der Waals surface area contributed by atoms with E-state index in [0.717, 1.165) is 16.2 Å². The normalized spacial score (nSPS) is 24.7. The molecule has 1 aromatic heterocycles. The van der Waals surface area contributed by atoms with Gasteiger partial charge in [-0.05, 0) is 29.8 Å². The first-order valence-electron chi connectivity index (χ1n) is 10.7. The van der Waals surface area contributed by atoms with Gasteiger partial charge < -0.3 is 9.32 Å². The number of ketones is 1. The van der Waals surface area contributed by atoms with Crippen LogP contribution in [0.2, 0.25) is 0 Å². The van der Waals surface area contributed by atoms with Crippen LogP contribution in [-0.2, 0) is 9.59 Å². The van der Waals surface area contributed by atoms with Crippen LogP contribution in [0, 0.1) is 22.0 Å². The number of Topliss-reactive ketones (excluding diaryl/α,β-unsaturated/α-hetero) is 1. The molecule has 3 aliphatic rings. The standard InChI is InChI=1S/C25H17N3O6/c29-23(19-9-4-12-34-19)22-21-20(18-11-10-14-5-1-2-8-17(14)27(18)22)24(30)26(25(21)31)15-6-3-7-16(13-15)28(32)33/h1-13,18,20-22H/t18-,20-,21+,22-/m0/s1. The highest BCUT2D eigenvalue weighted by Gasteiger charge is 2.64. The minimum atomic E-state index is -0.967. The number of carbonyl (C=O) groups excluding carboxylic acids is 3. The van der Waals surface area contributed by atoms with Gasteiger partial charge in [-0.15, -0.1) is 0 Å². The van der Waals surface area contributed by atoms with Gasteiger partial charge >= 0.3 is 0 Å². The molecule has 9 heteroatoms. The maximum atomic E-state index is 13.7. The lowest BCUT2D eigenvalue weighted by atomic mass is 9.87. The summed E-state index contributed by atoms with van der Waals surface area (Å²) < 4.78 is 5.36. The summed E-state index contributed by atoms with van der Waals surface area (Å²) in [6.07, 6.45) is 5.12. The molecule has 34 heavy (non-hydrogen) atoms. The fraction of sp³-hybridized carbons (Fsp3) is 0.160. The van der Waals surface area contributed by atoms with Gasteiger partial charge in [0.15, 0.2) is 5.76 Å². The Kier molecular flexibility index (Phi) is 4.28. The Hall–Kier alpha value is -4.53. The van der Waals surface area contributed by atoms with Crippen molar-refractivity contribution in [3.05, 3.63) is 94.4 Å². The summed E-state index contributed by atoms with van der Waals surface area (Å²) in [6.45, 7) is 0. The number of para-hydroxylation sites is 1. The second-order valence-corrected chi connectivity index (χ2v) is 8.44. The highest BCUT2D eigenvalue weighted by molar-refractivity contribution is 6.25. The summed E-state index contributed by atoms with van der Waals surface area (Å²) in [5.74, 6) is -3.12. The molecular weight excluding hydrogens is 438 g/mol. The number of hydrogen-bond acceptors (Lipinski definition) is 7.